The standard InChI is InChI=1S/C21H24N3.C19H21N4.C18H18N3O.C18H18N3S.C10H14N5.13C2H6/c1-11-9-8-10-16-17(11)21-20(22-24(7)23(21)6)19-15(5)13(3)12(2)14(4)18(16)19;1-12-10-16-14-8-6-7-9-17(14)21(3)18(16)11-15(12)19-20-13(2)22(4)23(19)5;2*1-11-9-15-13-7-5-6-8-16(13)22-17(15)10-14(11)18-19-12(2)20(3)21(18)4;1-7-5-11-6-12-9(7)10-13-8(2)14(3)15(10)4;13*1-2/h8-10H,1-7H3;6-11H,1-5H3;2*5-10H,1-4H3;5-6H,1-4H3;13*1-2H3/q5*+1;;;;;;;;;;;;;. The molecule has 0 N–H and O–H groups in total. The minimum atomic E-state index is 0.870. The van der Waals surface area contributed by atoms with Gasteiger partial charge in [0.25, 0.3) is 28.8 Å². The van der Waals surface area contributed by atoms with Crippen molar-refractivity contribution in [2.24, 2.45) is 77.5 Å². The van der Waals surface area contributed by atoms with Crippen molar-refractivity contribution in [2.45, 2.75) is 270 Å². The van der Waals surface area contributed by atoms with Gasteiger partial charge < -0.3 is 8.98 Å². The zero-order valence-electron chi connectivity index (χ0n) is 91.6. The van der Waals surface area contributed by atoms with E-state index in [1.807, 2.05) is 312 Å². The second-order valence-electron chi connectivity index (χ2n) is 28.5. The van der Waals surface area contributed by atoms with Crippen LogP contribution in [0, 0.1) is 90.0 Å². The molecule has 0 aliphatic heterocycles. The first-order chi connectivity index (χ1) is 63.6. The normalized spacial score (nSPS) is 9.89. The molecule has 9 heterocycles. The van der Waals surface area contributed by atoms with Gasteiger partial charge in [-0.15, -0.1) is 11.3 Å². The number of hydrogen-bond acceptors (Lipinski definition) is 9. The highest BCUT2D eigenvalue weighted by atomic mass is 32.1. The maximum atomic E-state index is 6.00. The fraction of sp³-hybridized carbons (Fsp3) is 0.446. The average Bonchev–Trinajstić information content (AvgIpc) is 1.46. The third-order valence-corrected chi connectivity index (χ3v) is 23.6. The number of aryl methyl sites for hydroxylation is 14. The van der Waals surface area contributed by atoms with Crippen LogP contribution in [-0.4, -0.2) is 63.1 Å². The Balaban J connectivity index is 0.000000779. The van der Waals surface area contributed by atoms with E-state index in [0.29, 0.717) is 0 Å². The van der Waals surface area contributed by atoms with Gasteiger partial charge in [0.2, 0.25) is 5.52 Å². The van der Waals surface area contributed by atoms with Crippen LogP contribution < -0.4 is 23.4 Å². The molecule has 9 aromatic carbocycles. The fourth-order valence-electron chi connectivity index (χ4n) is 15.1. The van der Waals surface area contributed by atoms with Gasteiger partial charge in [-0.2, -0.15) is 42.1 Å². The van der Waals surface area contributed by atoms with Crippen LogP contribution in [0.15, 0.2) is 144 Å². The average molecular weight is 1820 g/mol. The predicted octanol–water partition coefficient (Wildman–Crippen LogP) is 28.4. The van der Waals surface area contributed by atoms with E-state index in [-0.39, 0.29) is 0 Å². The molecule has 0 aliphatic carbocycles. The molecule has 0 atom stereocenters. The Morgan fingerprint density at radius 1 is 0.303 bits per heavy atom. The third-order valence-electron chi connectivity index (χ3n) is 22.4. The molecule has 0 amide bonds. The van der Waals surface area contributed by atoms with Gasteiger partial charge in [-0.1, -0.05) is 253 Å². The van der Waals surface area contributed by atoms with Gasteiger partial charge in [0, 0.05) is 115 Å². The van der Waals surface area contributed by atoms with Crippen molar-refractivity contribution < 1.29 is 27.8 Å². The Morgan fingerprint density at radius 3 is 1.16 bits per heavy atom. The predicted molar refractivity (Wildman–Crippen MR) is 575 cm³/mol. The Morgan fingerprint density at radius 2 is 0.697 bits per heavy atom. The molecule has 0 aliphatic rings. The van der Waals surface area contributed by atoms with E-state index < -0.39 is 0 Å². The highest BCUT2D eigenvalue weighted by molar-refractivity contribution is 7.25. The van der Waals surface area contributed by atoms with Gasteiger partial charge in [0.1, 0.15) is 52.7 Å². The van der Waals surface area contributed by atoms with Crippen LogP contribution in [0.5, 0.6) is 0 Å². The molecule has 18 aromatic rings. The lowest BCUT2D eigenvalue weighted by Gasteiger charge is -2.16. The van der Waals surface area contributed by atoms with Crippen LogP contribution in [0.1, 0.15) is 253 Å². The summed E-state index contributed by atoms with van der Waals surface area (Å²) < 4.78 is 29.5. The molecule has 9 aromatic heterocycles. The van der Waals surface area contributed by atoms with Crippen molar-refractivity contribution in [3.05, 3.63) is 213 Å². The Bertz CT molecular complexity index is 6430. The highest BCUT2D eigenvalue weighted by Crippen LogP contribution is 2.42. The number of rotatable bonds is 4. The molecule has 18 rings (SSSR count). The summed E-state index contributed by atoms with van der Waals surface area (Å²) in [4.78, 5) is 28.8. The van der Waals surface area contributed by atoms with Crippen LogP contribution in [0.4, 0.5) is 0 Å². The number of thiophene rings is 1. The molecular formula is C112H173N18OS+5. The van der Waals surface area contributed by atoms with Gasteiger partial charge in [0.15, 0.2) is 5.69 Å². The summed E-state index contributed by atoms with van der Waals surface area (Å²) in [5, 5.41) is 17.8. The summed E-state index contributed by atoms with van der Waals surface area (Å²) in [6.45, 7) is 79.7. The third kappa shape index (κ3) is 25.2. The minimum absolute atomic E-state index is 0.870. The first-order valence-electron chi connectivity index (χ1n) is 48.9. The smallest absolute Gasteiger partial charge is 0.369 e. The number of furan rings is 1. The molecule has 0 saturated heterocycles. The van der Waals surface area contributed by atoms with E-state index in [9.17, 15) is 0 Å². The van der Waals surface area contributed by atoms with Crippen molar-refractivity contribution in [3.63, 3.8) is 0 Å². The largest absolute Gasteiger partial charge is 0.456 e. The number of aromatic nitrogens is 18. The van der Waals surface area contributed by atoms with Crippen LogP contribution in [0.2, 0.25) is 0 Å². The maximum absolute atomic E-state index is 6.00. The Kier molecular flexibility index (Phi) is 51.7. The highest BCUT2D eigenvalue weighted by Gasteiger charge is 2.30. The van der Waals surface area contributed by atoms with E-state index in [4.69, 9.17) is 19.5 Å². The molecule has 0 unspecified atom stereocenters. The van der Waals surface area contributed by atoms with E-state index in [0.717, 1.165) is 90.9 Å². The number of hydrogen-bond donors (Lipinski definition) is 0. The number of nitrogens with zero attached hydrogens (tertiary/aromatic N) is 18. The van der Waals surface area contributed by atoms with E-state index in [1.165, 1.54) is 125 Å². The summed E-state index contributed by atoms with van der Waals surface area (Å²) >= 11 is 1.85. The van der Waals surface area contributed by atoms with E-state index in [2.05, 4.69) is 245 Å². The van der Waals surface area contributed by atoms with E-state index in [1.54, 1.807) is 12.5 Å². The summed E-state index contributed by atoms with van der Waals surface area (Å²) in [7, 11) is 22.4. The van der Waals surface area contributed by atoms with Gasteiger partial charge in [-0.25, -0.2) is 9.97 Å². The zero-order chi connectivity index (χ0) is 101. The summed E-state index contributed by atoms with van der Waals surface area (Å²) in [6.07, 6.45) is 3.35. The first kappa shape index (κ1) is 118. The first-order valence-corrected chi connectivity index (χ1v) is 49.7. The molecule has 0 saturated carbocycles. The topological polar surface area (TPSA) is 152 Å². The van der Waals surface area contributed by atoms with Crippen molar-refractivity contribution in [1.29, 1.82) is 0 Å². The molecule has 0 spiro atoms. The molecule has 20 heteroatoms. The Hall–Kier alpha value is -11.6. The molecule has 718 valence electrons. The van der Waals surface area contributed by atoms with Crippen molar-refractivity contribution in [3.8, 4) is 45.7 Å². The van der Waals surface area contributed by atoms with Crippen molar-refractivity contribution >= 4 is 108 Å². The van der Waals surface area contributed by atoms with Crippen molar-refractivity contribution in [1.82, 2.24) is 63.1 Å². The minimum Gasteiger partial charge on any atom is -0.456 e. The monoisotopic (exact) mass is 1820 g/mol. The number of benzene rings is 9. The van der Waals surface area contributed by atoms with E-state index >= 15 is 0 Å². The van der Waals surface area contributed by atoms with Gasteiger partial charge in [-0.3, -0.25) is 0 Å². The Labute approximate surface area is 800 Å². The lowest BCUT2D eigenvalue weighted by atomic mass is 9.87. The second kappa shape index (κ2) is 57.6. The van der Waals surface area contributed by atoms with Crippen molar-refractivity contribution in [2.75, 3.05) is 0 Å². The molecular weight excluding hydrogens is 1650 g/mol. The summed E-state index contributed by atoms with van der Waals surface area (Å²) in [5.41, 5.74) is 22.6. The summed E-state index contributed by atoms with van der Waals surface area (Å²) in [5.74, 6) is 7.85. The molecule has 132 heavy (non-hydrogen) atoms. The van der Waals surface area contributed by atoms with Crippen LogP contribution >= 0.6 is 11.3 Å². The zero-order valence-corrected chi connectivity index (χ0v) is 92.5. The molecule has 0 bridgehead atoms. The van der Waals surface area contributed by atoms with Crippen LogP contribution in [0.3, 0.4) is 0 Å². The fourth-order valence-corrected chi connectivity index (χ4v) is 16.2. The lowest BCUT2D eigenvalue weighted by Crippen LogP contribution is -2.39. The second-order valence-corrected chi connectivity index (χ2v) is 29.6. The number of fused-ring (bicyclic) bond motifs is 15. The van der Waals surface area contributed by atoms with Crippen LogP contribution in [0.25, 0.3) is 142 Å². The maximum Gasteiger partial charge on any atom is 0.369 e. The van der Waals surface area contributed by atoms with Crippen LogP contribution in [-0.2, 0) is 77.5 Å². The van der Waals surface area contributed by atoms with Gasteiger partial charge in [0.05, 0.1) is 51.9 Å². The molecule has 0 radical (unpaired) electrons. The SMILES string of the molecule is CC.CC.CC.CC.CC.CC.CC.CC.CC.CC.CC.CC.CC.Cc1c(C)c(C)c2c3nn(C)[n+](C)c3c3c(C)cccc3c2c1C.Cc1cc2c(cc1-c1nc(C)n(C)[n+]1C)oc1ccccc12.Cc1cc2c(cc1-c1nc(C)n(C)[n+]1C)sc1ccccc12.Cc1cc2c3ccccc3n(C)c2cc1-c1nc(C)n(C)[n+]1C.Cc1cncnc1-c1nc(C)n(C)[n+]1C. The quantitative estimate of drug-likeness (QED) is 0.125. The molecule has 0 fully saturated rings. The molecule has 19 nitrogen and oxygen atoms in total. The summed E-state index contributed by atoms with van der Waals surface area (Å²) in [6, 6.07) is 45.4. The van der Waals surface area contributed by atoms with Gasteiger partial charge >= 0.3 is 23.3 Å². The van der Waals surface area contributed by atoms with Gasteiger partial charge in [-0.05, 0) is 197 Å². The number of para-hydroxylation sites is 2. The lowest BCUT2D eigenvalue weighted by molar-refractivity contribution is -0.742.